The molecule has 0 spiro atoms. The van der Waals surface area contributed by atoms with E-state index in [-0.39, 0.29) is 22.8 Å². The summed E-state index contributed by atoms with van der Waals surface area (Å²) < 4.78 is 5.55. The summed E-state index contributed by atoms with van der Waals surface area (Å²) in [5.74, 6) is -0.861. The van der Waals surface area contributed by atoms with Gasteiger partial charge in [-0.25, -0.2) is 0 Å². The summed E-state index contributed by atoms with van der Waals surface area (Å²) in [6.07, 6.45) is -3.44. The van der Waals surface area contributed by atoms with Crippen LogP contribution in [-0.2, 0) is 0 Å². The lowest BCUT2D eigenvalue weighted by Gasteiger charge is -2.34. The molecule has 6 heteroatoms. The zero-order valence-electron chi connectivity index (χ0n) is 10.8. The molecule has 0 amide bonds. The van der Waals surface area contributed by atoms with Gasteiger partial charge < -0.3 is 30.3 Å². The number of aliphatic hydroxyl groups is 2. The van der Waals surface area contributed by atoms with Gasteiger partial charge in [0.05, 0.1) is 0 Å². The van der Waals surface area contributed by atoms with E-state index in [1.165, 1.54) is 24.3 Å². The van der Waals surface area contributed by atoms with Crippen molar-refractivity contribution in [1.82, 2.24) is 0 Å². The number of ether oxygens (including phenoxy) is 1. The van der Waals surface area contributed by atoms with Crippen molar-refractivity contribution in [3.8, 4) is 23.0 Å². The Morgan fingerprint density at radius 1 is 0.857 bits per heavy atom. The molecule has 0 radical (unpaired) electrons. The van der Waals surface area contributed by atoms with Crippen molar-refractivity contribution in [2.24, 2.45) is 0 Å². The van der Waals surface area contributed by atoms with Gasteiger partial charge in [-0.1, -0.05) is 12.1 Å². The molecular formula is C15H14O6. The van der Waals surface area contributed by atoms with E-state index >= 15 is 0 Å². The Labute approximate surface area is 120 Å². The van der Waals surface area contributed by atoms with Crippen LogP contribution < -0.4 is 4.74 Å². The fraction of sp³-hybridized carbons (Fsp3) is 0.200. The lowest BCUT2D eigenvalue weighted by Crippen LogP contribution is -2.34. The molecule has 0 aliphatic carbocycles. The second kappa shape index (κ2) is 4.83. The fourth-order valence-electron chi connectivity index (χ4n) is 2.41. The first-order valence-electron chi connectivity index (χ1n) is 6.35. The van der Waals surface area contributed by atoms with Gasteiger partial charge in [0.1, 0.15) is 18.0 Å². The van der Waals surface area contributed by atoms with Gasteiger partial charge in [0.15, 0.2) is 17.6 Å². The molecule has 21 heavy (non-hydrogen) atoms. The van der Waals surface area contributed by atoms with Crippen LogP contribution >= 0.6 is 0 Å². The molecule has 3 rings (SSSR count). The van der Waals surface area contributed by atoms with E-state index in [1.54, 1.807) is 12.1 Å². The van der Waals surface area contributed by atoms with E-state index in [2.05, 4.69) is 0 Å². The largest absolute Gasteiger partial charge is 0.508 e. The van der Waals surface area contributed by atoms with E-state index in [0.717, 1.165) is 0 Å². The van der Waals surface area contributed by atoms with Crippen LogP contribution in [0, 0.1) is 0 Å². The quantitative estimate of drug-likeness (QED) is 0.507. The van der Waals surface area contributed by atoms with Gasteiger partial charge in [-0.3, -0.25) is 0 Å². The average molecular weight is 290 g/mol. The third-order valence-electron chi connectivity index (χ3n) is 3.56. The molecule has 0 aromatic heterocycles. The van der Waals surface area contributed by atoms with Crippen LogP contribution in [0.5, 0.6) is 23.0 Å². The molecule has 0 saturated heterocycles. The smallest absolute Gasteiger partial charge is 0.200 e. The first kappa shape index (κ1) is 13.5. The predicted molar refractivity (Wildman–Crippen MR) is 72.2 cm³/mol. The lowest BCUT2D eigenvalue weighted by molar-refractivity contribution is -0.0710. The maximum Gasteiger partial charge on any atom is 0.200 e. The minimum absolute atomic E-state index is 0.0606. The molecule has 0 fully saturated rings. The molecule has 3 unspecified atom stereocenters. The highest BCUT2D eigenvalue weighted by atomic mass is 16.5. The molecule has 2 aromatic carbocycles. The predicted octanol–water partition coefficient (Wildman–Crippen LogP) is 1.33. The van der Waals surface area contributed by atoms with Crippen molar-refractivity contribution < 1.29 is 30.3 Å². The van der Waals surface area contributed by atoms with Crippen LogP contribution in [0.2, 0.25) is 0 Å². The highest BCUT2D eigenvalue weighted by Crippen LogP contribution is 2.48. The third-order valence-corrected chi connectivity index (χ3v) is 3.56. The molecule has 3 atom stereocenters. The Morgan fingerprint density at radius 3 is 2.19 bits per heavy atom. The van der Waals surface area contributed by atoms with Gasteiger partial charge in [-0.05, 0) is 29.8 Å². The summed E-state index contributed by atoms with van der Waals surface area (Å²) in [6.45, 7) is 0. The van der Waals surface area contributed by atoms with Crippen LogP contribution in [-0.4, -0.2) is 31.6 Å². The van der Waals surface area contributed by atoms with Crippen LogP contribution in [0.4, 0.5) is 0 Å². The number of aromatic hydroxyl groups is 3. The number of phenols is 3. The summed E-state index contributed by atoms with van der Waals surface area (Å²) in [5.41, 5.74) is 0.723. The second-order valence-corrected chi connectivity index (χ2v) is 4.92. The average Bonchev–Trinajstić information content (AvgIpc) is 2.48. The van der Waals surface area contributed by atoms with Gasteiger partial charge in [0, 0.05) is 5.56 Å². The molecule has 5 N–H and O–H groups in total. The van der Waals surface area contributed by atoms with E-state index < -0.39 is 24.1 Å². The van der Waals surface area contributed by atoms with E-state index in [0.29, 0.717) is 5.56 Å². The standard InChI is InChI=1S/C15H14O6/c16-8-3-1-7(2-4-8)14-13(20)11(18)9-5-6-10(17)12(19)15(9)21-14/h1-6,11,13-14,16-20H. The summed E-state index contributed by atoms with van der Waals surface area (Å²) in [7, 11) is 0. The zero-order valence-corrected chi connectivity index (χ0v) is 10.8. The summed E-state index contributed by atoms with van der Waals surface area (Å²) in [4.78, 5) is 0. The van der Waals surface area contributed by atoms with Gasteiger partial charge in [0.2, 0.25) is 5.75 Å². The van der Waals surface area contributed by atoms with Crippen molar-refractivity contribution in [1.29, 1.82) is 0 Å². The van der Waals surface area contributed by atoms with Crippen molar-refractivity contribution in [3.63, 3.8) is 0 Å². The first-order valence-corrected chi connectivity index (χ1v) is 6.35. The normalized spacial score (nSPS) is 24.2. The van der Waals surface area contributed by atoms with Crippen LogP contribution in [0.25, 0.3) is 0 Å². The Kier molecular flexibility index (Phi) is 3.12. The minimum Gasteiger partial charge on any atom is -0.508 e. The van der Waals surface area contributed by atoms with E-state index in [1.807, 2.05) is 0 Å². The number of fused-ring (bicyclic) bond motifs is 1. The van der Waals surface area contributed by atoms with Crippen LogP contribution in [0.1, 0.15) is 23.3 Å². The SMILES string of the molecule is Oc1ccc(C2Oc3c(ccc(O)c3O)C(O)C2O)cc1. The van der Waals surface area contributed by atoms with Crippen molar-refractivity contribution in [2.45, 2.75) is 18.3 Å². The second-order valence-electron chi connectivity index (χ2n) is 4.92. The summed E-state index contributed by atoms with van der Waals surface area (Å²) in [5, 5.41) is 49.0. The van der Waals surface area contributed by atoms with Gasteiger partial charge in [-0.2, -0.15) is 0 Å². The minimum atomic E-state index is -1.26. The number of phenolic OH excluding ortho intramolecular Hbond substituents is 3. The number of hydrogen-bond donors (Lipinski definition) is 5. The topological polar surface area (TPSA) is 110 Å². The molecule has 2 aromatic rings. The molecule has 1 aliphatic rings. The third kappa shape index (κ3) is 2.14. The Hall–Kier alpha value is -2.44. The van der Waals surface area contributed by atoms with Gasteiger partial charge in [0.25, 0.3) is 0 Å². The highest BCUT2D eigenvalue weighted by Gasteiger charge is 2.39. The maximum absolute atomic E-state index is 10.2. The molecule has 1 heterocycles. The first-order chi connectivity index (χ1) is 9.99. The monoisotopic (exact) mass is 290 g/mol. The molecule has 6 nitrogen and oxygen atoms in total. The van der Waals surface area contributed by atoms with Crippen LogP contribution in [0.3, 0.4) is 0 Å². The number of rotatable bonds is 1. The Bertz CT molecular complexity index is 667. The van der Waals surface area contributed by atoms with Gasteiger partial charge >= 0.3 is 0 Å². The molecular weight excluding hydrogens is 276 g/mol. The van der Waals surface area contributed by atoms with E-state index in [9.17, 15) is 25.5 Å². The number of aliphatic hydroxyl groups excluding tert-OH is 2. The molecule has 1 aliphatic heterocycles. The molecule has 0 saturated carbocycles. The fourth-order valence-corrected chi connectivity index (χ4v) is 2.41. The Morgan fingerprint density at radius 2 is 1.52 bits per heavy atom. The van der Waals surface area contributed by atoms with E-state index in [4.69, 9.17) is 4.74 Å². The molecule has 110 valence electrons. The van der Waals surface area contributed by atoms with Crippen molar-refractivity contribution >= 4 is 0 Å². The zero-order chi connectivity index (χ0) is 15.1. The number of hydrogen-bond acceptors (Lipinski definition) is 6. The summed E-state index contributed by atoms with van der Waals surface area (Å²) >= 11 is 0. The summed E-state index contributed by atoms with van der Waals surface area (Å²) in [6, 6.07) is 8.53. The molecule has 0 bridgehead atoms. The lowest BCUT2D eigenvalue weighted by atomic mass is 9.92. The Balaban J connectivity index is 2.06. The number of benzene rings is 2. The van der Waals surface area contributed by atoms with Gasteiger partial charge in [-0.15, -0.1) is 0 Å². The van der Waals surface area contributed by atoms with Crippen LogP contribution in [0.15, 0.2) is 36.4 Å². The van der Waals surface area contributed by atoms with Crippen molar-refractivity contribution in [3.05, 3.63) is 47.5 Å². The highest BCUT2D eigenvalue weighted by molar-refractivity contribution is 5.56. The maximum atomic E-state index is 10.2. The van der Waals surface area contributed by atoms with Crippen molar-refractivity contribution in [2.75, 3.05) is 0 Å².